The van der Waals surface area contributed by atoms with E-state index in [4.69, 9.17) is 10.2 Å². The lowest BCUT2D eigenvalue weighted by molar-refractivity contribution is 0.485. The number of oxazole rings is 1. The van der Waals surface area contributed by atoms with Gasteiger partial charge in [-0.15, -0.1) is 0 Å². The topological polar surface area (TPSA) is 52.0 Å². The molecule has 1 unspecified atom stereocenters. The quantitative estimate of drug-likeness (QED) is 0.831. The van der Waals surface area contributed by atoms with E-state index in [1.807, 2.05) is 37.3 Å². The Bertz CT molecular complexity index is 422. The summed E-state index contributed by atoms with van der Waals surface area (Å²) in [6.07, 6.45) is 1.75. The summed E-state index contributed by atoms with van der Waals surface area (Å²) in [6.45, 7) is 2.60. The number of rotatable bonds is 3. The molecule has 0 aliphatic carbocycles. The fraction of sp³-hybridized carbons (Fsp3) is 0.250. The second-order valence-electron chi connectivity index (χ2n) is 3.57. The van der Waals surface area contributed by atoms with E-state index >= 15 is 0 Å². The first-order chi connectivity index (χ1) is 7.31. The van der Waals surface area contributed by atoms with E-state index < -0.39 is 0 Å². The van der Waals surface area contributed by atoms with Gasteiger partial charge in [-0.25, -0.2) is 4.98 Å². The summed E-state index contributed by atoms with van der Waals surface area (Å²) in [5.41, 5.74) is 6.56. The van der Waals surface area contributed by atoms with Crippen LogP contribution in [-0.4, -0.2) is 11.5 Å². The van der Waals surface area contributed by atoms with Gasteiger partial charge in [0.2, 0.25) is 5.89 Å². The third-order valence-corrected chi connectivity index (χ3v) is 2.38. The Morgan fingerprint density at radius 2 is 2.07 bits per heavy atom. The average molecular weight is 202 g/mol. The average Bonchev–Trinajstić information content (AvgIpc) is 2.78. The SMILES string of the molecule is CC(CN)c1cnc(-c2ccccc2)o1. The van der Waals surface area contributed by atoms with Crippen LogP contribution in [0, 0.1) is 0 Å². The molecule has 0 aliphatic heterocycles. The van der Waals surface area contributed by atoms with Crippen LogP contribution in [0.3, 0.4) is 0 Å². The first kappa shape index (κ1) is 9.93. The molecule has 0 saturated heterocycles. The smallest absolute Gasteiger partial charge is 0.226 e. The summed E-state index contributed by atoms with van der Waals surface area (Å²) >= 11 is 0. The van der Waals surface area contributed by atoms with Crippen LogP contribution in [0.15, 0.2) is 40.9 Å². The van der Waals surface area contributed by atoms with Crippen molar-refractivity contribution in [1.29, 1.82) is 0 Å². The third kappa shape index (κ3) is 2.07. The molecule has 2 N–H and O–H groups in total. The zero-order chi connectivity index (χ0) is 10.7. The monoisotopic (exact) mass is 202 g/mol. The number of nitrogens with two attached hydrogens (primary N) is 1. The molecule has 0 spiro atoms. The highest BCUT2D eigenvalue weighted by Crippen LogP contribution is 2.22. The minimum absolute atomic E-state index is 0.218. The normalized spacial score (nSPS) is 12.7. The molecule has 3 heteroatoms. The fourth-order valence-corrected chi connectivity index (χ4v) is 1.34. The van der Waals surface area contributed by atoms with Crippen LogP contribution in [0.25, 0.3) is 11.5 Å². The Balaban J connectivity index is 2.28. The summed E-state index contributed by atoms with van der Waals surface area (Å²) in [5, 5.41) is 0. The van der Waals surface area contributed by atoms with Crippen LogP contribution < -0.4 is 5.73 Å². The maximum absolute atomic E-state index is 5.63. The second-order valence-corrected chi connectivity index (χ2v) is 3.57. The molecule has 0 amide bonds. The van der Waals surface area contributed by atoms with Crippen molar-refractivity contribution in [3.05, 3.63) is 42.3 Å². The Morgan fingerprint density at radius 1 is 1.33 bits per heavy atom. The van der Waals surface area contributed by atoms with E-state index in [1.165, 1.54) is 0 Å². The Hall–Kier alpha value is -1.61. The summed E-state index contributed by atoms with van der Waals surface area (Å²) in [7, 11) is 0. The van der Waals surface area contributed by atoms with E-state index in [9.17, 15) is 0 Å². The fourth-order valence-electron chi connectivity index (χ4n) is 1.34. The summed E-state index contributed by atoms with van der Waals surface area (Å²) in [5.74, 6) is 1.72. The summed E-state index contributed by atoms with van der Waals surface area (Å²) < 4.78 is 5.63. The highest BCUT2D eigenvalue weighted by atomic mass is 16.4. The molecule has 1 aromatic carbocycles. The number of hydrogen-bond acceptors (Lipinski definition) is 3. The van der Waals surface area contributed by atoms with Crippen LogP contribution in [0.5, 0.6) is 0 Å². The third-order valence-electron chi connectivity index (χ3n) is 2.38. The van der Waals surface area contributed by atoms with Crippen molar-refractivity contribution in [2.24, 2.45) is 5.73 Å². The van der Waals surface area contributed by atoms with Gasteiger partial charge in [0.25, 0.3) is 0 Å². The number of benzene rings is 1. The molecular weight excluding hydrogens is 188 g/mol. The molecule has 1 heterocycles. The molecule has 2 aromatic rings. The lowest BCUT2D eigenvalue weighted by atomic mass is 10.1. The molecule has 0 saturated carbocycles. The van der Waals surface area contributed by atoms with Crippen molar-refractivity contribution in [3.63, 3.8) is 0 Å². The van der Waals surface area contributed by atoms with Crippen molar-refractivity contribution in [2.45, 2.75) is 12.8 Å². The van der Waals surface area contributed by atoms with Gasteiger partial charge >= 0.3 is 0 Å². The Morgan fingerprint density at radius 3 is 2.73 bits per heavy atom. The van der Waals surface area contributed by atoms with E-state index in [1.54, 1.807) is 6.20 Å². The minimum atomic E-state index is 0.218. The lowest BCUT2D eigenvalue weighted by Crippen LogP contribution is -2.07. The van der Waals surface area contributed by atoms with Gasteiger partial charge in [0.1, 0.15) is 5.76 Å². The van der Waals surface area contributed by atoms with Crippen molar-refractivity contribution >= 4 is 0 Å². The van der Waals surface area contributed by atoms with Gasteiger partial charge in [0.05, 0.1) is 6.20 Å². The molecule has 3 nitrogen and oxygen atoms in total. The van der Waals surface area contributed by atoms with Gasteiger partial charge in [-0.3, -0.25) is 0 Å². The molecule has 0 aliphatic rings. The highest BCUT2D eigenvalue weighted by Gasteiger charge is 2.10. The predicted octanol–water partition coefficient (Wildman–Crippen LogP) is 2.40. The van der Waals surface area contributed by atoms with Gasteiger partial charge in [-0.1, -0.05) is 25.1 Å². The van der Waals surface area contributed by atoms with Crippen LogP contribution >= 0.6 is 0 Å². The van der Waals surface area contributed by atoms with E-state index in [0.29, 0.717) is 12.4 Å². The molecule has 15 heavy (non-hydrogen) atoms. The van der Waals surface area contributed by atoms with E-state index in [0.717, 1.165) is 11.3 Å². The van der Waals surface area contributed by atoms with Gasteiger partial charge in [-0.2, -0.15) is 0 Å². The minimum Gasteiger partial charge on any atom is -0.441 e. The molecule has 1 atom stereocenters. The first-order valence-electron chi connectivity index (χ1n) is 5.02. The number of aromatic nitrogens is 1. The Labute approximate surface area is 88.9 Å². The molecule has 0 fully saturated rings. The van der Waals surface area contributed by atoms with Crippen molar-refractivity contribution in [1.82, 2.24) is 4.98 Å². The predicted molar refractivity (Wildman–Crippen MR) is 59.4 cm³/mol. The largest absolute Gasteiger partial charge is 0.441 e. The zero-order valence-corrected chi connectivity index (χ0v) is 8.68. The molecule has 0 radical (unpaired) electrons. The molecular formula is C12H14N2O. The summed E-state index contributed by atoms with van der Waals surface area (Å²) in [6, 6.07) is 9.85. The van der Waals surface area contributed by atoms with Crippen LogP contribution in [0.4, 0.5) is 0 Å². The lowest BCUT2D eigenvalue weighted by Gasteiger charge is -2.01. The first-order valence-corrected chi connectivity index (χ1v) is 5.02. The molecule has 78 valence electrons. The van der Waals surface area contributed by atoms with Gasteiger partial charge < -0.3 is 10.2 Å². The zero-order valence-electron chi connectivity index (χ0n) is 8.68. The molecule has 1 aromatic heterocycles. The van der Waals surface area contributed by atoms with Crippen molar-refractivity contribution in [2.75, 3.05) is 6.54 Å². The Kier molecular flexibility index (Phi) is 2.83. The maximum atomic E-state index is 5.63. The van der Waals surface area contributed by atoms with Gasteiger partial charge in [0, 0.05) is 18.0 Å². The van der Waals surface area contributed by atoms with Gasteiger partial charge in [0.15, 0.2) is 0 Å². The van der Waals surface area contributed by atoms with E-state index in [2.05, 4.69) is 4.98 Å². The number of hydrogen-bond donors (Lipinski definition) is 1. The summed E-state index contributed by atoms with van der Waals surface area (Å²) in [4.78, 5) is 4.23. The number of nitrogens with zero attached hydrogens (tertiary/aromatic N) is 1. The van der Waals surface area contributed by atoms with Crippen LogP contribution in [0.2, 0.25) is 0 Å². The maximum Gasteiger partial charge on any atom is 0.226 e. The second kappa shape index (κ2) is 4.28. The van der Waals surface area contributed by atoms with Gasteiger partial charge in [-0.05, 0) is 12.1 Å². The van der Waals surface area contributed by atoms with Crippen molar-refractivity contribution in [3.8, 4) is 11.5 Å². The van der Waals surface area contributed by atoms with E-state index in [-0.39, 0.29) is 5.92 Å². The standard InChI is InChI=1S/C12H14N2O/c1-9(7-13)11-8-14-12(15-11)10-5-3-2-4-6-10/h2-6,8-9H,7,13H2,1H3. The molecule has 2 rings (SSSR count). The highest BCUT2D eigenvalue weighted by molar-refractivity contribution is 5.52. The van der Waals surface area contributed by atoms with Crippen LogP contribution in [0.1, 0.15) is 18.6 Å². The van der Waals surface area contributed by atoms with Crippen LogP contribution in [-0.2, 0) is 0 Å². The molecule has 0 bridgehead atoms. The van der Waals surface area contributed by atoms with Crippen molar-refractivity contribution < 1.29 is 4.42 Å².